The highest BCUT2D eigenvalue weighted by molar-refractivity contribution is 6.30. The van der Waals surface area contributed by atoms with Gasteiger partial charge < -0.3 is 9.47 Å². The summed E-state index contributed by atoms with van der Waals surface area (Å²) in [6.07, 6.45) is 2.19. The van der Waals surface area contributed by atoms with E-state index in [4.69, 9.17) is 21.1 Å². The zero-order valence-electron chi connectivity index (χ0n) is 12.7. The van der Waals surface area contributed by atoms with E-state index >= 15 is 0 Å². The number of halogens is 2. The molecule has 0 radical (unpaired) electrons. The van der Waals surface area contributed by atoms with Gasteiger partial charge in [0, 0.05) is 32.3 Å². The summed E-state index contributed by atoms with van der Waals surface area (Å²) in [7, 11) is 1.39. The van der Waals surface area contributed by atoms with Gasteiger partial charge >= 0.3 is 5.97 Å². The van der Waals surface area contributed by atoms with Crippen LogP contribution < -0.4 is 0 Å². The molecule has 4 nitrogen and oxygen atoms in total. The van der Waals surface area contributed by atoms with Crippen molar-refractivity contribution in [1.29, 1.82) is 0 Å². The van der Waals surface area contributed by atoms with Crippen LogP contribution in [0.15, 0.2) is 18.2 Å². The van der Waals surface area contributed by atoms with Gasteiger partial charge in [0.15, 0.2) is 0 Å². The molecule has 1 aromatic carbocycles. The lowest BCUT2D eigenvalue weighted by atomic mass is 10.1. The maximum Gasteiger partial charge on any atom is 0.306 e. The Morgan fingerprint density at radius 1 is 1.45 bits per heavy atom. The first-order chi connectivity index (χ1) is 10.6. The zero-order chi connectivity index (χ0) is 15.9. The lowest BCUT2D eigenvalue weighted by molar-refractivity contribution is -0.141. The van der Waals surface area contributed by atoms with Crippen LogP contribution in [0.4, 0.5) is 4.39 Å². The Kier molecular flexibility index (Phi) is 6.61. The molecular weight excluding hydrogens is 309 g/mol. The fourth-order valence-corrected chi connectivity index (χ4v) is 2.85. The van der Waals surface area contributed by atoms with Gasteiger partial charge in [-0.1, -0.05) is 17.7 Å². The number of benzene rings is 1. The summed E-state index contributed by atoms with van der Waals surface area (Å²) in [5, 5.41) is 0.123. The van der Waals surface area contributed by atoms with Crippen LogP contribution in [0.1, 0.15) is 24.8 Å². The van der Waals surface area contributed by atoms with E-state index in [2.05, 4.69) is 4.90 Å². The van der Waals surface area contributed by atoms with Gasteiger partial charge in [0.05, 0.1) is 18.6 Å². The van der Waals surface area contributed by atoms with Crippen LogP contribution in [0.25, 0.3) is 0 Å². The van der Waals surface area contributed by atoms with Gasteiger partial charge in [-0.15, -0.1) is 0 Å². The molecule has 0 unspecified atom stereocenters. The molecule has 0 atom stereocenters. The lowest BCUT2D eigenvalue weighted by Crippen LogP contribution is -2.40. The number of carbonyl (C=O) groups is 1. The molecule has 0 amide bonds. The molecule has 1 heterocycles. The van der Waals surface area contributed by atoms with Gasteiger partial charge in [0.1, 0.15) is 5.82 Å². The van der Waals surface area contributed by atoms with Crippen molar-refractivity contribution in [3.05, 3.63) is 34.6 Å². The summed E-state index contributed by atoms with van der Waals surface area (Å²) >= 11 is 5.85. The van der Waals surface area contributed by atoms with Crippen LogP contribution in [0.2, 0.25) is 5.02 Å². The monoisotopic (exact) mass is 329 g/mol. The van der Waals surface area contributed by atoms with E-state index in [1.807, 2.05) is 0 Å². The Morgan fingerprint density at radius 2 is 2.18 bits per heavy atom. The van der Waals surface area contributed by atoms with E-state index in [1.54, 1.807) is 12.1 Å². The second kappa shape index (κ2) is 8.46. The average molecular weight is 330 g/mol. The molecule has 0 saturated carbocycles. The number of hydrogen-bond acceptors (Lipinski definition) is 4. The maximum atomic E-state index is 13.3. The number of hydrogen-bond donors (Lipinski definition) is 0. The van der Waals surface area contributed by atoms with Crippen molar-refractivity contribution in [2.45, 2.75) is 31.8 Å². The minimum atomic E-state index is -0.419. The Labute approximate surface area is 135 Å². The van der Waals surface area contributed by atoms with Crippen LogP contribution >= 0.6 is 11.6 Å². The molecule has 0 bridgehead atoms. The highest BCUT2D eigenvalue weighted by Crippen LogP contribution is 2.21. The highest BCUT2D eigenvalue weighted by atomic mass is 35.5. The van der Waals surface area contributed by atoms with E-state index in [9.17, 15) is 9.18 Å². The smallest absolute Gasteiger partial charge is 0.306 e. The van der Waals surface area contributed by atoms with Gasteiger partial charge in [0.25, 0.3) is 0 Å². The Morgan fingerprint density at radius 3 is 2.82 bits per heavy atom. The second-order valence-electron chi connectivity index (χ2n) is 5.39. The molecule has 0 N–H and O–H groups in total. The number of rotatable bonds is 6. The number of methoxy groups -OCH3 is 1. The van der Waals surface area contributed by atoms with Crippen molar-refractivity contribution < 1.29 is 18.7 Å². The van der Waals surface area contributed by atoms with Crippen LogP contribution in [-0.2, 0) is 20.8 Å². The van der Waals surface area contributed by atoms with E-state index < -0.39 is 5.82 Å². The zero-order valence-corrected chi connectivity index (χ0v) is 13.4. The third kappa shape index (κ3) is 4.93. The summed E-state index contributed by atoms with van der Waals surface area (Å²) in [5.74, 6) is -0.646. The molecule has 1 aromatic rings. The number of nitrogens with zero attached hydrogens (tertiary/aromatic N) is 1. The van der Waals surface area contributed by atoms with E-state index in [0.717, 1.165) is 31.6 Å². The minimum absolute atomic E-state index is 0.123. The number of carbonyl (C=O) groups excluding carboxylic acids is 1. The molecule has 1 aliphatic rings. The molecule has 1 saturated heterocycles. The first-order valence-electron chi connectivity index (χ1n) is 7.42. The Hall–Kier alpha value is -1.17. The average Bonchev–Trinajstić information content (AvgIpc) is 2.55. The fourth-order valence-electron chi connectivity index (χ4n) is 2.65. The maximum absolute atomic E-state index is 13.3. The predicted octanol–water partition coefficient (Wildman–Crippen LogP) is 3.02. The number of ether oxygens (including phenoxy) is 2. The van der Waals surface area contributed by atoms with Gasteiger partial charge in [-0.25, -0.2) is 4.39 Å². The van der Waals surface area contributed by atoms with Gasteiger partial charge in [0.2, 0.25) is 0 Å². The molecule has 2 rings (SSSR count). The topological polar surface area (TPSA) is 38.8 Å². The normalized spacial score (nSPS) is 16.0. The number of esters is 1. The van der Waals surface area contributed by atoms with Crippen molar-refractivity contribution in [2.24, 2.45) is 0 Å². The van der Waals surface area contributed by atoms with Crippen LogP contribution in [0.3, 0.4) is 0 Å². The molecule has 0 aromatic heterocycles. The molecule has 22 heavy (non-hydrogen) atoms. The Balaban J connectivity index is 2.04. The molecule has 1 aliphatic heterocycles. The Bertz CT molecular complexity index is 506. The van der Waals surface area contributed by atoms with Gasteiger partial charge in [-0.3, -0.25) is 9.69 Å². The predicted molar refractivity (Wildman–Crippen MR) is 82.3 cm³/mol. The molecule has 0 aliphatic carbocycles. The first-order valence-corrected chi connectivity index (χ1v) is 7.80. The van der Waals surface area contributed by atoms with E-state index in [1.165, 1.54) is 13.2 Å². The van der Waals surface area contributed by atoms with Crippen molar-refractivity contribution >= 4 is 17.6 Å². The SMILES string of the molecule is COC(=O)CCN(Cc1ccc(F)c(Cl)c1)C1CCOCC1. The van der Waals surface area contributed by atoms with Crippen molar-refractivity contribution in [2.75, 3.05) is 26.9 Å². The van der Waals surface area contributed by atoms with E-state index in [0.29, 0.717) is 25.6 Å². The second-order valence-corrected chi connectivity index (χ2v) is 5.80. The standard InChI is InChI=1S/C16H21ClFNO3/c1-21-16(20)4-7-19(13-5-8-22-9-6-13)11-12-2-3-15(18)14(17)10-12/h2-3,10,13H,4-9,11H2,1H3. The first kappa shape index (κ1) is 17.2. The molecule has 1 fully saturated rings. The van der Waals surface area contributed by atoms with Crippen molar-refractivity contribution in [1.82, 2.24) is 4.90 Å². The summed E-state index contributed by atoms with van der Waals surface area (Å²) < 4.78 is 23.4. The summed E-state index contributed by atoms with van der Waals surface area (Å²) in [5.41, 5.74) is 0.933. The molecular formula is C16H21ClFNO3. The van der Waals surface area contributed by atoms with Gasteiger partial charge in [-0.05, 0) is 30.5 Å². The van der Waals surface area contributed by atoms with Crippen molar-refractivity contribution in [3.8, 4) is 0 Å². The molecule has 6 heteroatoms. The minimum Gasteiger partial charge on any atom is -0.469 e. The highest BCUT2D eigenvalue weighted by Gasteiger charge is 2.22. The molecule has 0 spiro atoms. The lowest BCUT2D eigenvalue weighted by Gasteiger charge is -2.34. The van der Waals surface area contributed by atoms with Crippen LogP contribution in [0.5, 0.6) is 0 Å². The third-order valence-electron chi connectivity index (χ3n) is 3.91. The van der Waals surface area contributed by atoms with Crippen LogP contribution in [-0.4, -0.2) is 43.8 Å². The van der Waals surface area contributed by atoms with Crippen molar-refractivity contribution in [3.63, 3.8) is 0 Å². The quantitative estimate of drug-likeness (QED) is 0.752. The largest absolute Gasteiger partial charge is 0.469 e. The third-order valence-corrected chi connectivity index (χ3v) is 4.20. The summed E-state index contributed by atoms with van der Waals surface area (Å²) in [6.45, 7) is 2.68. The van der Waals surface area contributed by atoms with Gasteiger partial charge in [-0.2, -0.15) is 0 Å². The van der Waals surface area contributed by atoms with E-state index in [-0.39, 0.29) is 11.0 Å². The fraction of sp³-hybridized carbons (Fsp3) is 0.562. The summed E-state index contributed by atoms with van der Waals surface area (Å²) in [4.78, 5) is 13.6. The summed E-state index contributed by atoms with van der Waals surface area (Å²) in [6, 6.07) is 5.09. The molecule has 122 valence electrons. The van der Waals surface area contributed by atoms with Crippen LogP contribution in [0, 0.1) is 5.82 Å².